The Morgan fingerprint density at radius 2 is 2.06 bits per heavy atom. The fourth-order valence-electron chi connectivity index (χ4n) is 0.930. The lowest BCUT2D eigenvalue weighted by atomic mass is 10.3. The van der Waals surface area contributed by atoms with E-state index in [4.69, 9.17) is 0 Å². The molecule has 1 rings (SSSR count). The van der Waals surface area contributed by atoms with Crippen molar-refractivity contribution in [2.75, 3.05) is 0 Å². The molecule has 16 heavy (non-hydrogen) atoms. The van der Waals surface area contributed by atoms with Gasteiger partial charge in [-0.2, -0.15) is 21.6 Å². The van der Waals surface area contributed by atoms with Crippen molar-refractivity contribution in [3.05, 3.63) is 24.0 Å². The molecule has 90 valence electrons. The van der Waals surface area contributed by atoms with Gasteiger partial charge in [-0.25, -0.2) is 0 Å². The molecule has 0 saturated carbocycles. The molecule has 0 aliphatic rings. The molecule has 0 radical (unpaired) electrons. The maximum Gasteiger partial charge on any atom is 0.534 e. The second-order valence-electron chi connectivity index (χ2n) is 2.78. The molecule has 0 aliphatic heterocycles. The van der Waals surface area contributed by atoms with Crippen LogP contribution in [0.2, 0.25) is 0 Å². The van der Waals surface area contributed by atoms with Crippen molar-refractivity contribution >= 4 is 10.1 Å². The molecule has 8 heteroatoms. The summed E-state index contributed by atoms with van der Waals surface area (Å²) < 4.78 is 61.5. The zero-order chi connectivity index (χ0) is 12.4. The second-order valence-corrected chi connectivity index (χ2v) is 4.32. The van der Waals surface area contributed by atoms with E-state index in [0.29, 0.717) is 0 Å². The van der Waals surface area contributed by atoms with Crippen LogP contribution < -0.4 is 4.18 Å². The maximum atomic E-state index is 12.0. The van der Waals surface area contributed by atoms with Crippen LogP contribution in [0.4, 0.5) is 13.2 Å². The molecule has 0 unspecified atom stereocenters. The number of alkyl halides is 3. The second kappa shape index (κ2) is 4.28. The highest BCUT2D eigenvalue weighted by Crippen LogP contribution is 2.28. The number of aryl methyl sites for hydroxylation is 1. The number of rotatable bonds is 3. The lowest BCUT2D eigenvalue weighted by molar-refractivity contribution is -0.0500. The molecule has 0 bridgehead atoms. The van der Waals surface area contributed by atoms with E-state index in [9.17, 15) is 21.6 Å². The van der Waals surface area contributed by atoms with Crippen molar-refractivity contribution in [2.24, 2.45) is 0 Å². The van der Waals surface area contributed by atoms with Crippen molar-refractivity contribution in [2.45, 2.75) is 18.9 Å². The van der Waals surface area contributed by atoms with Crippen LogP contribution in [0.25, 0.3) is 0 Å². The zero-order valence-corrected chi connectivity index (χ0v) is 8.97. The first-order valence-electron chi connectivity index (χ1n) is 4.22. The summed E-state index contributed by atoms with van der Waals surface area (Å²) in [6.45, 7) is 1.62. The van der Waals surface area contributed by atoms with Crippen LogP contribution >= 0.6 is 0 Å². The standard InChI is InChI=1S/C8H8F3NO3S/c1-2-6-7(4-3-5-12-6)15-16(13,14)8(9,10)11/h3-5H,2H2,1H3. The zero-order valence-electron chi connectivity index (χ0n) is 8.15. The van der Waals surface area contributed by atoms with Gasteiger partial charge in [0.2, 0.25) is 0 Å². The Labute approximate surface area is 90.2 Å². The van der Waals surface area contributed by atoms with Crippen LogP contribution in [0.5, 0.6) is 5.75 Å². The van der Waals surface area contributed by atoms with Gasteiger partial charge < -0.3 is 4.18 Å². The molecular formula is C8H8F3NO3S. The fourth-order valence-corrected chi connectivity index (χ4v) is 1.41. The number of nitrogens with zero attached hydrogens (tertiary/aromatic N) is 1. The van der Waals surface area contributed by atoms with Crippen LogP contribution in [0.1, 0.15) is 12.6 Å². The highest BCUT2D eigenvalue weighted by Gasteiger charge is 2.48. The Hall–Kier alpha value is -1.31. The quantitative estimate of drug-likeness (QED) is 0.611. The summed E-state index contributed by atoms with van der Waals surface area (Å²) >= 11 is 0. The molecule has 0 fully saturated rings. The molecule has 0 spiro atoms. The van der Waals surface area contributed by atoms with E-state index in [1.54, 1.807) is 6.92 Å². The third kappa shape index (κ3) is 2.63. The van der Waals surface area contributed by atoms with Crippen molar-refractivity contribution in [1.29, 1.82) is 0 Å². The summed E-state index contributed by atoms with van der Waals surface area (Å²) in [6, 6.07) is 2.41. The van der Waals surface area contributed by atoms with Crippen LogP contribution in [0, 0.1) is 0 Å². The number of hydrogen-bond acceptors (Lipinski definition) is 4. The maximum absolute atomic E-state index is 12.0. The third-order valence-electron chi connectivity index (χ3n) is 1.67. The number of halogens is 3. The van der Waals surface area contributed by atoms with Gasteiger partial charge in [-0.05, 0) is 18.6 Å². The van der Waals surface area contributed by atoms with Crippen LogP contribution in [0.15, 0.2) is 18.3 Å². The van der Waals surface area contributed by atoms with Crippen LogP contribution in [-0.2, 0) is 16.5 Å². The summed E-state index contributed by atoms with van der Waals surface area (Å²) in [6.07, 6.45) is 1.61. The van der Waals surface area contributed by atoms with Gasteiger partial charge in [-0.3, -0.25) is 4.98 Å². The molecule has 0 saturated heterocycles. The normalized spacial score (nSPS) is 12.5. The topological polar surface area (TPSA) is 56.3 Å². The highest BCUT2D eigenvalue weighted by atomic mass is 32.2. The Morgan fingerprint density at radius 1 is 1.44 bits per heavy atom. The summed E-state index contributed by atoms with van der Waals surface area (Å²) in [5.74, 6) is -0.401. The lowest BCUT2D eigenvalue weighted by Gasteiger charge is -2.11. The van der Waals surface area contributed by atoms with Crippen molar-refractivity contribution in [3.63, 3.8) is 0 Å². The SMILES string of the molecule is CCc1ncccc1OS(=O)(=O)C(F)(F)F. The summed E-state index contributed by atoms with van der Waals surface area (Å²) in [7, 11) is -5.62. The third-order valence-corrected chi connectivity index (χ3v) is 2.63. The summed E-state index contributed by atoms with van der Waals surface area (Å²) in [4.78, 5) is 3.71. The molecule has 1 aromatic heterocycles. The van der Waals surface area contributed by atoms with Gasteiger partial charge in [0, 0.05) is 6.20 Å². The predicted octanol–water partition coefficient (Wildman–Crippen LogP) is 1.87. The minimum atomic E-state index is -5.62. The Bertz CT molecular complexity index is 470. The van der Waals surface area contributed by atoms with E-state index in [0.717, 1.165) is 6.07 Å². The van der Waals surface area contributed by atoms with Gasteiger partial charge in [0.1, 0.15) is 0 Å². The highest BCUT2D eigenvalue weighted by molar-refractivity contribution is 7.88. The van der Waals surface area contributed by atoms with Gasteiger partial charge in [0.15, 0.2) is 5.75 Å². The monoisotopic (exact) mass is 255 g/mol. The first-order chi connectivity index (χ1) is 7.28. The smallest absolute Gasteiger partial charge is 0.374 e. The average Bonchev–Trinajstić information content (AvgIpc) is 2.16. The average molecular weight is 255 g/mol. The largest absolute Gasteiger partial charge is 0.534 e. The minimum absolute atomic E-state index is 0.148. The van der Waals surface area contributed by atoms with Gasteiger partial charge in [0.25, 0.3) is 0 Å². The van der Waals surface area contributed by atoms with Crippen LogP contribution in [0.3, 0.4) is 0 Å². The van der Waals surface area contributed by atoms with E-state index in [1.165, 1.54) is 12.3 Å². The van der Waals surface area contributed by atoms with Gasteiger partial charge >= 0.3 is 15.6 Å². The summed E-state index contributed by atoms with van der Waals surface area (Å²) in [5, 5.41) is 0. The summed E-state index contributed by atoms with van der Waals surface area (Å²) in [5.41, 5.74) is -5.29. The molecule has 0 amide bonds. The number of aromatic nitrogens is 1. The van der Waals surface area contributed by atoms with Gasteiger partial charge in [-0.1, -0.05) is 6.92 Å². The van der Waals surface area contributed by atoms with E-state index >= 15 is 0 Å². The number of hydrogen-bond donors (Lipinski definition) is 0. The van der Waals surface area contributed by atoms with Crippen molar-refractivity contribution in [3.8, 4) is 5.75 Å². The number of pyridine rings is 1. The van der Waals surface area contributed by atoms with Crippen molar-refractivity contribution in [1.82, 2.24) is 4.98 Å². The van der Waals surface area contributed by atoms with E-state index in [-0.39, 0.29) is 12.1 Å². The van der Waals surface area contributed by atoms with E-state index < -0.39 is 21.4 Å². The molecule has 0 atom stereocenters. The van der Waals surface area contributed by atoms with Gasteiger partial charge in [-0.15, -0.1) is 0 Å². The molecular weight excluding hydrogens is 247 g/mol. The molecule has 0 N–H and O–H groups in total. The molecule has 4 nitrogen and oxygen atoms in total. The van der Waals surface area contributed by atoms with Crippen LogP contribution in [-0.4, -0.2) is 18.9 Å². The van der Waals surface area contributed by atoms with Gasteiger partial charge in [0.05, 0.1) is 5.69 Å². The molecule has 0 aromatic carbocycles. The minimum Gasteiger partial charge on any atom is -0.374 e. The van der Waals surface area contributed by atoms with E-state index in [1.807, 2.05) is 0 Å². The fraction of sp³-hybridized carbons (Fsp3) is 0.375. The first-order valence-corrected chi connectivity index (χ1v) is 5.63. The molecule has 1 aromatic rings. The lowest BCUT2D eigenvalue weighted by Crippen LogP contribution is -2.28. The Balaban J connectivity index is 3.06. The van der Waals surface area contributed by atoms with Crippen molar-refractivity contribution < 1.29 is 25.8 Å². The Morgan fingerprint density at radius 3 is 2.56 bits per heavy atom. The van der Waals surface area contributed by atoms with E-state index in [2.05, 4.69) is 9.17 Å². The first kappa shape index (κ1) is 12.8. The Kier molecular flexibility index (Phi) is 3.41. The predicted molar refractivity (Wildman–Crippen MR) is 49.2 cm³/mol. The molecule has 0 aliphatic carbocycles. The molecule has 1 heterocycles.